The maximum Gasteiger partial charge on any atom is 0.112 e. The highest BCUT2D eigenvalue weighted by atomic mass is 35.5. The van der Waals surface area contributed by atoms with Crippen LogP contribution in [0.4, 0.5) is 0 Å². The lowest BCUT2D eigenvalue weighted by Crippen LogP contribution is -2.42. The number of hydrogen-bond acceptors (Lipinski definition) is 3. The van der Waals surface area contributed by atoms with Gasteiger partial charge in [-0.05, 0) is 30.3 Å². The molecule has 0 aliphatic carbocycles. The van der Waals surface area contributed by atoms with E-state index in [1.165, 1.54) is 17.8 Å². The van der Waals surface area contributed by atoms with Gasteiger partial charge < -0.3 is 5.73 Å². The van der Waals surface area contributed by atoms with Crippen LogP contribution in [0.25, 0.3) is 0 Å². The third kappa shape index (κ3) is 3.49. The van der Waals surface area contributed by atoms with Crippen molar-refractivity contribution in [1.29, 1.82) is 0 Å². The third-order valence-corrected chi connectivity index (χ3v) is 4.61. The lowest BCUT2D eigenvalue weighted by molar-refractivity contribution is 0.202. The van der Waals surface area contributed by atoms with Crippen molar-refractivity contribution in [2.75, 3.05) is 13.1 Å². The highest BCUT2D eigenvalue weighted by Crippen LogP contribution is 2.33. The van der Waals surface area contributed by atoms with Crippen LogP contribution in [0.2, 0.25) is 9.36 Å². The van der Waals surface area contributed by atoms with Gasteiger partial charge in [0, 0.05) is 19.1 Å². The molecule has 2 N–H and O–H groups in total. The van der Waals surface area contributed by atoms with Gasteiger partial charge in [0.2, 0.25) is 0 Å². The molecule has 1 aromatic heterocycles. The van der Waals surface area contributed by atoms with E-state index in [9.17, 15) is 0 Å². The first kappa shape index (κ1) is 14.6. The molecule has 1 fully saturated rings. The molecule has 0 saturated carbocycles. The van der Waals surface area contributed by atoms with Crippen molar-refractivity contribution >= 4 is 46.9 Å². The Morgan fingerprint density at radius 1 is 1.50 bits per heavy atom. The van der Waals surface area contributed by atoms with Gasteiger partial charge in [-0.25, -0.2) is 0 Å². The summed E-state index contributed by atoms with van der Waals surface area (Å²) in [5, 5.41) is 2.74. The fourth-order valence-corrected chi connectivity index (χ4v) is 3.18. The van der Waals surface area contributed by atoms with Crippen LogP contribution in [0.3, 0.4) is 0 Å². The molecule has 2 nitrogen and oxygen atoms in total. The van der Waals surface area contributed by atoms with Crippen molar-refractivity contribution in [3.05, 3.63) is 20.3 Å². The normalized spacial score (nSPS) is 21.8. The molecular formula is C10H15Cl3N2S. The van der Waals surface area contributed by atoms with E-state index >= 15 is 0 Å². The van der Waals surface area contributed by atoms with Crippen LogP contribution in [0.5, 0.6) is 0 Å². The van der Waals surface area contributed by atoms with Crippen molar-refractivity contribution in [2.24, 2.45) is 5.73 Å². The van der Waals surface area contributed by atoms with E-state index in [4.69, 9.17) is 28.9 Å². The van der Waals surface area contributed by atoms with Crippen LogP contribution in [-0.4, -0.2) is 24.0 Å². The minimum atomic E-state index is 0. The summed E-state index contributed by atoms with van der Waals surface area (Å²) >= 11 is 13.5. The number of nitrogens with zero attached hydrogens (tertiary/aromatic N) is 1. The molecular weight excluding hydrogens is 287 g/mol. The van der Waals surface area contributed by atoms with Crippen LogP contribution < -0.4 is 5.73 Å². The summed E-state index contributed by atoms with van der Waals surface area (Å²) < 4.78 is 0.688. The molecule has 0 aromatic carbocycles. The first-order valence-corrected chi connectivity index (χ1v) is 6.69. The summed E-state index contributed by atoms with van der Waals surface area (Å²) in [7, 11) is 0. The van der Waals surface area contributed by atoms with Crippen molar-refractivity contribution in [1.82, 2.24) is 4.90 Å². The zero-order valence-corrected chi connectivity index (χ0v) is 11.9. The molecule has 1 unspecified atom stereocenters. The average Bonchev–Trinajstić information content (AvgIpc) is 2.50. The Morgan fingerprint density at radius 3 is 2.81 bits per heavy atom. The third-order valence-electron chi connectivity index (χ3n) is 2.70. The smallest absolute Gasteiger partial charge is 0.112 e. The van der Waals surface area contributed by atoms with Crippen LogP contribution >= 0.6 is 46.9 Å². The summed E-state index contributed by atoms with van der Waals surface area (Å²) in [6.07, 6.45) is 2.31. The predicted octanol–water partition coefficient (Wildman–Crippen LogP) is 3.40. The summed E-state index contributed by atoms with van der Waals surface area (Å²) in [5.41, 5.74) is 7.05. The molecule has 1 aliphatic heterocycles. The Kier molecular flexibility index (Phi) is 5.85. The van der Waals surface area contributed by atoms with Crippen molar-refractivity contribution in [3.8, 4) is 0 Å². The van der Waals surface area contributed by atoms with Crippen molar-refractivity contribution in [3.63, 3.8) is 0 Å². The minimum absolute atomic E-state index is 0. The molecule has 1 aliphatic rings. The zero-order chi connectivity index (χ0) is 10.8. The van der Waals surface area contributed by atoms with Gasteiger partial charge in [-0.15, -0.1) is 23.7 Å². The van der Waals surface area contributed by atoms with Crippen LogP contribution in [0.15, 0.2) is 5.38 Å². The molecule has 2 heterocycles. The van der Waals surface area contributed by atoms with E-state index in [0.29, 0.717) is 15.4 Å². The molecule has 92 valence electrons. The quantitative estimate of drug-likeness (QED) is 0.907. The summed E-state index contributed by atoms with van der Waals surface area (Å²) in [5.74, 6) is 0. The SMILES string of the molecule is Cl.NC1CCCN(Cc2csc(Cl)c2Cl)C1. The number of hydrogen-bond donors (Lipinski definition) is 1. The number of nitrogens with two attached hydrogens (primary N) is 1. The maximum atomic E-state index is 6.08. The maximum absolute atomic E-state index is 6.08. The first-order valence-electron chi connectivity index (χ1n) is 5.06. The van der Waals surface area contributed by atoms with Crippen molar-refractivity contribution in [2.45, 2.75) is 25.4 Å². The lowest BCUT2D eigenvalue weighted by atomic mass is 10.1. The average molecular weight is 302 g/mol. The second-order valence-electron chi connectivity index (χ2n) is 3.99. The Hall–Kier alpha value is 0.490. The Bertz CT molecular complexity index is 343. The van der Waals surface area contributed by atoms with Gasteiger partial charge >= 0.3 is 0 Å². The molecule has 0 radical (unpaired) electrons. The molecule has 0 amide bonds. The fourth-order valence-electron chi connectivity index (χ4n) is 1.94. The standard InChI is InChI=1S/C10H14Cl2N2S.ClH/c11-9-7(6-15-10(9)12)4-14-3-1-2-8(13)5-14;/h6,8H,1-5,13H2;1H. The second kappa shape index (κ2) is 6.43. The largest absolute Gasteiger partial charge is 0.327 e. The molecule has 0 spiro atoms. The molecule has 0 bridgehead atoms. The number of thiophene rings is 1. The molecule has 1 aromatic rings. The first-order chi connectivity index (χ1) is 7.16. The Morgan fingerprint density at radius 2 is 2.25 bits per heavy atom. The molecule has 6 heteroatoms. The van der Waals surface area contributed by atoms with E-state index in [1.54, 1.807) is 0 Å². The predicted molar refractivity (Wildman–Crippen MR) is 74.1 cm³/mol. The summed E-state index contributed by atoms with van der Waals surface area (Å²) in [6.45, 7) is 2.94. The highest BCUT2D eigenvalue weighted by Gasteiger charge is 2.18. The highest BCUT2D eigenvalue weighted by molar-refractivity contribution is 7.15. The number of piperidine rings is 1. The van der Waals surface area contributed by atoms with Gasteiger partial charge in [-0.2, -0.15) is 0 Å². The topological polar surface area (TPSA) is 29.3 Å². The summed E-state index contributed by atoms with van der Waals surface area (Å²) in [4.78, 5) is 2.35. The van der Waals surface area contributed by atoms with E-state index in [0.717, 1.165) is 31.6 Å². The van der Waals surface area contributed by atoms with Gasteiger partial charge in [-0.3, -0.25) is 4.90 Å². The van der Waals surface area contributed by atoms with Gasteiger partial charge in [0.25, 0.3) is 0 Å². The molecule has 2 rings (SSSR count). The molecule has 1 saturated heterocycles. The van der Waals surface area contributed by atoms with Crippen LogP contribution in [-0.2, 0) is 6.54 Å². The van der Waals surface area contributed by atoms with E-state index in [2.05, 4.69) is 4.90 Å². The minimum Gasteiger partial charge on any atom is -0.327 e. The molecule has 1 atom stereocenters. The Labute approximate surface area is 116 Å². The van der Waals surface area contributed by atoms with Gasteiger partial charge in [0.05, 0.1) is 5.02 Å². The van der Waals surface area contributed by atoms with Crippen LogP contribution in [0, 0.1) is 0 Å². The van der Waals surface area contributed by atoms with Crippen molar-refractivity contribution < 1.29 is 0 Å². The van der Waals surface area contributed by atoms with E-state index in [1.807, 2.05) is 5.38 Å². The monoisotopic (exact) mass is 300 g/mol. The lowest BCUT2D eigenvalue weighted by Gasteiger charge is -2.30. The number of likely N-dealkylation sites (tertiary alicyclic amines) is 1. The van der Waals surface area contributed by atoms with Crippen LogP contribution in [0.1, 0.15) is 18.4 Å². The Balaban J connectivity index is 0.00000128. The fraction of sp³-hybridized carbons (Fsp3) is 0.600. The van der Waals surface area contributed by atoms with E-state index < -0.39 is 0 Å². The van der Waals surface area contributed by atoms with Gasteiger partial charge in [0.15, 0.2) is 0 Å². The zero-order valence-electron chi connectivity index (χ0n) is 8.79. The van der Waals surface area contributed by atoms with Gasteiger partial charge in [-0.1, -0.05) is 23.2 Å². The summed E-state index contributed by atoms with van der Waals surface area (Å²) in [6, 6.07) is 0.312. The molecule has 16 heavy (non-hydrogen) atoms. The second-order valence-corrected chi connectivity index (χ2v) is 5.85. The van der Waals surface area contributed by atoms with E-state index in [-0.39, 0.29) is 12.4 Å². The number of halogens is 3. The number of rotatable bonds is 2. The van der Waals surface area contributed by atoms with Gasteiger partial charge in [0.1, 0.15) is 4.34 Å².